The van der Waals surface area contributed by atoms with E-state index in [1.807, 2.05) is 18.3 Å². The van der Waals surface area contributed by atoms with E-state index in [4.69, 9.17) is 0 Å². The predicted molar refractivity (Wildman–Crippen MR) is 109 cm³/mol. The summed E-state index contributed by atoms with van der Waals surface area (Å²) in [7, 11) is 0. The Morgan fingerprint density at radius 2 is 1.86 bits per heavy atom. The Balaban J connectivity index is 1.50. The minimum Gasteiger partial charge on any atom is -0.295 e. The van der Waals surface area contributed by atoms with Gasteiger partial charge in [-0.1, -0.05) is 25.5 Å². The molecular weight excluding hydrogens is 346 g/mol. The van der Waals surface area contributed by atoms with Crippen LogP contribution in [0.1, 0.15) is 64.5 Å². The SMILES string of the molecule is C[C@]12CCC(=O)C=C1C(=O)C[C@@H]1[C@@H]2CC[C@]2(C)/C(=C/c3ccccn3)CC[C@@H]12. The summed E-state index contributed by atoms with van der Waals surface area (Å²) < 4.78 is 0. The van der Waals surface area contributed by atoms with E-state index in [1.54, 1.807) is 6.08 Å². The zero-order valence-corrected chi connectivity index (χ0v) is 16.9. The summed E-state index contributed by atoms with van der Waals surface area (Å²) in [5.74, 6) is 1.94. The smallest absolute Gasteiger partial charge is 0.159 e. The lowest BCUT2D eigenvalue weighted by Crippen LogP contribution is -2.52. The molecule has 5 atom stereocenters. The normalized spacial score (nSPS) is 41.3. The third-order valence-corrected chi connectivity index (χ3v) is 8.65. The molecule has 0 aromatic carbocycles. The number of rotatable bonds is 1. The second kappa shape index (κ2) is 6.23. The van der Waals surface area contributed by atoms with Crippen LogP contribution in [0.15, 0.2) is 41.6 Å². The molecular formula is C25H29NO2. The van der Waals surface area contributed by atoms with Gasteiger partial charge in [0.05, 0.1) is 5.69 Å². The molecule has 146 valence electrons. The second-order valence-electron chi connectivity index (χ2n) is 9.86. The molecule has 3 fully saturated rings. The standard InChI is InChI=1S/C25H29NO2/c1-24-11-9-21-19(15-23(28)22-14-18(27)8-10-25(21,22)2)20(24)7-6-16(24)13-17-5-3-4-12-26-17/h3-5,12-14,19-21H,6-11,15H2,1-2H3/b16-13+/t19-,20-,21-,24+,25+/m0/s1. The van der Waals surface area contributed by atoms with Crippen LogP contribution in [0.3, 0.4) is 0 Å². The van der Waals surface area contributed by atoms with E-state index in [0.717, 1.165) is 30.5 Å². The van der Waals surface area contributed by atoms with Gasteiger partial charge in [0.1, 0.15) is 0 Å². The number of allylic oxidation sites excluding steroid dienone is 2. The highest BCUT2D eigenvalue weighted by atomic mass is 16.1. The van der Waals surface area contributed by atoms with Gasteiger partial charge in [0.15, 0.2) is 11.6 Å². The van der Waals surface area contributed by atoms with Crippen LogP contribution in [-0.4, -0.2) is 16.6 Å². The van der Waals surface area contributed by atoms with E-state index in [1.165, 1.54) is 18.4 Å². The zero-order valence-electron chi connectivity index (χ0n) is 16.9. The van der Waals surface area contributed by atoms with Gasteiger partial charge < -0.3 is 0 Å². The van der Waals surface area contributed by atoms with Gasteiger partial charge in [0.2, 0.25) is 0 Å². The highest BCUT2D eigenvalue weighted by Gasteiger charge is 2.59. The van der Waals surface area contributed by atoms with E-state index < -0.39 is 0 Å². The first kappa shape index (κ1) is 18.0. The number of aromatic nitrogens is 1. The van der Waals surface area contributed by atoms with Crippen LogP contribution in [0.5, 0.6) is 0 Å². The Morgan fingerprint density at radius 3 is 2.64 bits per heavy atom. The van der Waals surface area contributed by atoms with Crippen LogP contribution in [0.2, 0.25) is 0 Å². The van der Waals surface area contributed by atoms with Crippen LogP contribution < -0.4 is 0 Å². The molecule has 0 bridgehead atoms. The van der Waals surface area contributed by atoms with Gasteiger partial charge in [-0.15, -0.1) is 0 Å². The number of carbonyl (C=O) groups is 2. The minimum absolute atomic E-state index is 0.0946. The van der Waals surface area contributed by atoms with Crippen molar-refractivity contribution in [3.63, 3.8) is 0 Å². The summed E-state index contributed by atoms with van der Waals surface area (Å²) in [6.07, 6.45) is 12.6. The summed E-state index contributed by atoms with van der Waals surface area (Å²) >= 11 is 0. The Kier molecular flexibility index (Phi) is 4.01. The first-order valence-electron chi connectivity index (χ1n) is 10.8. The summed E-state index contributed by atoms with van der Waals surface area (Å²) in [4.78, 5) is 29.5. The minimum atomic E-state index is -0.0946. The van der Waals surface area contributed by atoms with Crippen LogP contribution >= 0.6 is 0 Å². The Morgan fingerprint density at radius 1 is 1.04 bits per heavy atom. The summed E-state index contributed by atoms with van der Waals surface area (Å²) in [5.41, 5.74) is 3.50. The number of pyridine rings is 1. The maximum atomic E-state index is 13.1. The van der Waals surface area contributed by atoms with Gasteiger partial charge in [-0.3, -0.25) is 14.6 Å². The molecule has 3 nitrogen and oxygen atoms in total. The number of fused-ring (bicyclic) bond motifs is 5. The molecule has 4 aliphatic rings. The van der Waals surface area contributed by atoms with Crippen molar-refractivity contribution in [2.24, 2.45) is 28.6 Å². The molecule has 0 N–H and O–H groups in total. The largest absolute Gasteiger partial charge is 0.295 e. The second-order valence-corrected chi connectivity index (χ2v) is 9.86. The molecule has 3 saturated carbocycles. The van der Waals surface area contributed by atoms with Gasteiger partial charge in [-0.2, -0.15) is 0 Å². The van der Waals surface area contributed by atoms with Gasteiger partial charge >= 0.3 is 0 Å². The summed E-state index contributed by atoms with van der Waals surface area (Å²) in [5, 5.41) is 0. The topological polar surface area (TPSA) is 47.0 Å². The third kappa shape index (κ3) is 2.51. The highest BCUT2D eigenvalue weighted by Crippen LogP contribution is 2.66. The third-order valence-electron chi connectivity index (χ3n) is 8.65. The number of carbonyl (C=O) groups excluding carboxylic acids is 2. The van der Waals surface area contributed by atoms with Gasteiger partial charge in [0, 0.05) is 24.6 Å². The molecule has 0 amide bonds. The number of ketones is 2. The van der Waals surface area contributed by atoms with Crippen molar-refractivity contribution in [2.75, 3.05) is 0 Å². The monoisotopic (exact) mass is 375 g/mol. The number of hydrogen-bond acceptors (Lipinski definition) is 3. The number of nitrogens with zero attached hydrogens (tertiary/aromatic N) is 1. The fraction of sp³-hybridized carbons (Fsp3) is 0.560. The lowest BCUT2D eigenvalue weighted by Gasteiger charge is -2.56. The van der Waals surface area contributed by atoms with E-state index in [-0.39, 0.29) is 22.4 Å². The van der Waals surface area contributed by atoms with Crippen molar-refractivity contribution in [2.45, 2.75) is 58.8 Å². The zero-order chi connectivity index (χ0) is 19.5. The average molecular weight is 376 g/mol. The first-order valence-corrected chi connectivity index (χ1v) is 10.8. The fourth-order valence-corrected chi connectivity index (χ4v) is 7.11. The van der Waals surface area contributed by atoms with Crippen molar-refractivity contribution in [1.29, 1.82) is 0 Å². The van der Waals surface area contributed by atoms with Crippen molar-refractivity contribution in [1.82, 2.24) is 4.98 Å². The molecule has 1 heterocycles. The lowest BCUT2D eigenvalue weighted by atomic mass is 9.47. The Hall–Kier alpha value is -2.03. The molecule has 0 saturated heterocycles. The Bertz CT molecular complexity index is 898. The molecule has 0 aliphatic heterocycles. The van der Waals surface area contributed by atoms with E-state index in [0.29, 0.717) is 30.6 Å². The van der Waals surface area contributed by atoms with Crippen molar-refractivity contribution in [3.05, 3.63) is 47.3 Å². The van der Waals surface area contributed by atoms with Gasteiger partial charge in [-0.05, 0) is 85.0 Å². The quantitative estimate of drug-likeness (QED) is 0.680. The highest BCUT2D eigenvalue weighted by molar-refractivity contribution is 6.05. The van der Waals surface area contributed by atoms with Gasteiger partial charge in [-0.25, -0.2) is 0 Å². The van der Waals surface area contributed by atoms with Crippen molar-refractivity contribution in [3.8, 4) is 0 Å². The average Bonchev–Trinajstić information content (AvgIpc) is 3.01. The molecule has 0 spiro atoms. The maximum absolute atomic E-state index is 13.1. The number of Topliss-reactive ketones (excluding diaryl/α,β-unsaturated/α-hetero) is 1. The number of hydrogen-bond donors (Lipinski definition) is 0. The van der Waals surface area contributed by atoms with Crippen molar-refractivity contribution < 1.29 is 9.59 Å². The summed E-state index contributed by atoms with van der Waals surface area (Å²) in [6.45, 7) is 4.69. The fourth-order valence-electron chi connectivity index (χ4n) is 7.11. The molecule has 0 radical (unpaired) electrons. The van der Waals surface area contributed by atoms with E-state index in [9.17, 15) is 9.59 Å². The molecule has 1 aromatic rings. The van der Waals surface area contributed by atoms with Crippen LogP contribution in [0.25, 0.3) is 6.08 Å². The van der Waals surface area contributed by atoms with Crippen LogP contribution in [0.4, 0.5) is 0 Å². The predicted octanol–water partition coefficient (Wildman–Crippen LogP) is 5.18. The lowest BCUT2D eigenvalue weighted by molar-refractivity contribution is -0.129. The first-order chi connectivity index (χ1) is 13.4. The van der Waals surface area contributed by atoms with E-state index in [2.05, 4.69) is 31.0 Å². The molecule has 28 heavy (non-hydrogen) atoms. The summed E-state index contributed by atoms with van der Waals surface area (Å²) in [6, 6.07) is 6.08. The van der Waals surface area contributed by atoms with Gasteiger partial charge in [0.25, 0.3) is 0 Å². The maximum Gasteiger partial charge on any atom is 0.159 e. The molecule has 5 rings (SSSR count). The Labute approximate surface area is 167 Å². The van der Waals surface area contributed by atoms with Crippen LogP contribution in [0, 0.1) is 28.6 Å². The van der Waals surface area contributed by atoms with Crippen molar-refractivity contribution >= 4 is 17.6 Å². The van der Waals surface area contributed by atoms with E-state index >= 15 is 0 Å². The molecule has 1 aromatic heterocycles. The molecule has 3 heteroatoms. The molecule has 0 unspecified atom stereocenters. The molecule has 4 aliphatic carbocycles. The van der Waals surface area contributed by atoms with Crippen LogP contribution in [-0.2, 0) is 9.59 Å².